The van der Waals surface area contributed by atoms with Crippen molar-refractivity contribution in [3.8, 4) is 0 Å². The highest BCUT2D eigenvalue weighted by atomic mass is 16.2. The number of nitrogens with one attached hydrogen (secondary N) is 2. The van der Waals surface area contributed by atoms with Gasteiger partial charge in [-0.1, -0.05) is 18.2 Å². The molecule has 1 atom stereocenters. The quantitative estimate of drug-likeness (QED) is 0.903. The summed E-state index contributed by atoms with van der Waals surface area (Å²) in [6, 6.07) is 7.87. The van der Waals surface area contributed by atoms with E-state index in [0.29, 0.717) is 18.7 Å². The van der Waals surface area contributed by atoms with E-state index in [1.54, 1.807) is 11.9 Å². The first-order chi connectivity index (χ1) is 11.6. The molecular formula is C18H20N4O2. The maximum absolute atomic E-state index is 12.5. The van der Waals surface area contributed by atoms with E-state index in [1.807, 2.05) is 24.3 Å². The standard InChI is InChI=1S/C18H20N4O2/c1-22-15-8-3-2-5-12(15)11(9-16(22)23)10-19-18(24)17-13-6-4-7-14(13)20-21-17/h2-3,5,8,11H,4,6-7,9-10H2,1H3,(H,19,24)(H,20,21). The van der Waals surface area contributed by atoms with Gasteiger partial charge >= 0.3 is 0 Å². The highest BCUT2D eigenvalue weighted by Crippen LogP contribution is 2.34. The summed E-state index contributed by atoms with van der Waals surface area (Å²) in [5.41, 5.74) is 4.67. The Bertz CT molecular complexity index is 811. The van der Waals surface area contributed by atoms with E-state index in [2.05, 4.69) is 15.5 Å². The molecule has 0 saturated heterocycles. The monoisotopic (exact) mass is 324 g/mol. The summed E-state index contributed by atoms with van der Waals surface area (Å²) in [4.78, 5) is 26.4. The fraction of sp³-hybridized carbons (Fsp3) is 0.389. The van der Waals surface area contributed by atoms with Crippen LogP contribution in [0.3, 0.4) is 0 Å². The first-order valence-corrected chi connectivity index (χ1v) is 8.35. The van der Waals surface area contributed by atoms with Crippen LogP contribution in [0.1, 0.15) is 46.1 Å². The number of anilines is 1. The zero-order valence-corrected chi connectivity index (χ0v) is 13.6. The lowest BCUT2D eigenvalue weighted by molar-refractivity contribution is -0.119. The van der Waals surface area contributed by atoms with Gasteiger partial charge in [0.15, 0.2) is 5.69 Å². The average Bonchev–Trinajstić information content (AvgIpc) is 3.20. The molecule has 0 radical (unpaired) electrons. The van der Waals surface area contributed by atoms with E-state index in [0.717, 1.165) is 41.8 Å². The fourth-order valence-electron chi connectivity index (χ4n) is 3.72. The molecule has 1 aliphatic carbocycles. The topological polar surface area (TPSA) is 78.1 Å². The summed E-state index contributed by atoms with van der Waals surface area (Å²) in [7, 11) is 1.79. The van der Waals surface area contributed by atoms with Gasteiger partial charge in [0.2, 0.25) is 5.91 Å². The molecule has 1 aromatic heterocycles. The lowest BCUT2D eigenvalue weighted by Crippen LogP contribution is -2.38. The van der Waals surface area contributed by atoms with Crippen molar-refractivity contribution in [3.63, 3.8) is 0 Å². The molecule has 2 heterocycles. The van der Waals surface area contributed by atoms with Crippen LogP contribution in [0.2, 0.25) is 0 Å². The first-order valence-electron chi connectivity index (χ1n) is 8.35. The second-order valence-electron chi connectivity index (χ2n) is 6.51. The number of para-hydroxylation sites is 1. The molecule has 124 valence electrons. The van der Waals surface area contributed by atoms with Gasteiger partial charge in [-0.2, -0.15) is 5.10 Å². The van der Waals surface area contributed by atoms with E-state index in [9.17, 15) is 9.59 Å². The Labute approximate surface area is 140 Å². The maximum Gasteiger partial charge on any atom is 0.272 e. The molecule has 0 saturated carbocycles. The van der Waals surface area contributed by atoms with Crippen LogP contribution in [0.5, 0.6) is 0 Å². The molecule has 2 amide bonds. The van der Waals surface area contributed by atoms with Gasteiger partial charge in [-0.3, -0.25) is 14.7 Å². The predicted molar refractivity (Wildman–Crippen MR) is 90.2 cm³/mol. The second-order valence-corrected chi connectivity index (χ2v) is 6.51. The molecule has 0 bridgehead atoms. The molecule has 1 aromatic carbocycles. The summed E-state index contributed by atoms with van der Waals surface area (Å²) >= 11 is 0. The molecule has 6 heteroatoms. The normalized spacial score (nSPS) is 19.1. The van der Waals surface area contributed by atoms with Gasteiger partial charge in [-0.15, -0.1) is 0 Å². The van der Waals surface area contributed by atoms with Gasteiger partial charge in [0.05, 0.1) is 0 Å². The molecule has 2 aromatic rings. The number of hydrogen-bond donors (Lipinski definition) is 2. The lowest BCUT2D eigenvalue weighted by atomic mass is 9.89. The zero-order valence-electron chi connectivity index (χ0n) is 13.6. The molecule has 24 heavy (non-hydrogen) atoms. The van der Waals surface area contributed by atoms with E-state index in [1.165, 1.54) is 0 Å². The molecule has 4 rings (SSSR count). The van der Waals surface area contributed by atoms with Crippen LogP contribution < -0.4 is 10.2 Å². The Kier molecular flexibility index (Phi) is 3.59. The van der Waals surface area contributed by atoms with Crippen LogP contribution in [0.25, 0.3) is 0 Å². The van der Waals surface area contributed by atoms with Gasteiger partial charge in [0.1, 0.15) is 0 Å². The number of aromatic amines is 1. The number of carbonyl (C=O) groups is 2. The summed E-state index contributed by atoms with van der Waals surface area (Å²) in [6.45, 7) is 0.442. The van der Waals surface area contributed by atoms with Crippen molar-refractivity contribution in [1.82, 2.24) is 15.5 Å². The van der Waals surface area contributed by atoms with Crippen molar-refractivity contribution in [1.29, 1.82) is 0 Å². The largest absolute Gasteiger partial charge is 0.350 e. The molecule has 1 aliphatic heterocycles. The first kappa shape index (κ1) is 14.9. The molecule has 2 aliphatic rings. The number of carbonyl (C=O) groups excluding carboxylic acids is 2. The summed E-state index contributed by atoms with van der Waals surface area (Å²) in [6.07, 6.45) is 3.35. The minimum Gasteiger partial charge on any atom is -0.350 e. The number of fused-ring (bicyclic) bond motifs is 2. The van der Waals surface area contributed by atoms with Crippen LogP contribution in [0.15, 0.2) is 24.3 Å². The van der Waals surface area contributed by atoms with Gasteiger partial charge < -0.3 is 10.2 Å². The van der Waals surface area contributed by atoms with E-state index in [4.69, 9.17) is 0 Å². The molecule has 2 N–H and O–H groups in total. The minimum atomic E-state index is -0.154. The van der Waals surface area contributed by atoms with Gasteiger partial charge in [-0.05, 0) is 30.9 Å². The lowest BCUT2D eigenvalue weighted by Gasteiger charge is -2.31. The number of rotatable bonds is 3. The van der Waals surface area contributed by atoms with Gasteiger partial charge in [0.25, 0.3) is 5.91 Å². The number of aryl methyl sites for hydroxylation is 1. The molecular weight excluding hydrogens is 304 g/mol. The van der Waals surface area contributed by atoms with E-state index >= 15 is 0 Å². The van der Waals surface area contributed by atoms with Crippen LogP contribution in [0, 0.1) is 0 Å². The smallest absolute Gasteiger partial charge is 0.272 e. The Morgan fingerprint density at radius 1 is 1.38 bits per heavy atom. The molecule has 6 nitrogen and oxygen atoms in total. The summed E-state index contributed by atoms with van der Waals surface area (Å²) < 4.78 is 0. The minimum absolute atomic E-state index is 0.000778. The number of H-pyrrole nitrogens is 1. The molecule has 1 unspecified atom stereocenters. The highest BCUT2D eigenvalue weighted by molar-refractivity contribution is 5.97. The van der Waals surface area contributed by atoms with E-state index < -0.39 is 0 Å². The van der Waals surface area contributed by atoms with Crippen LogP contribution in [-0.2, 0) is 17.6 Å². The van der Waals surface area contributed by atoms with Gasteiger partial charge in [0, 0.05) is 42.9 Å². The number of amides is 2. The number of aromatic nitrogens is 2. The Morgan fingerprint density at radius 2 is 2.21 bits per heavy atom. The van der Waals surface area contributed by atoms with Crippen molar-refractivity contribution in [2.45, 2.75) is 31.6 Å². The molecule has 0 fully saturated rings. The highest BCUT2D eigenvalue weighted by Gasteiger charge is 2.30. The Morgan fingerprint density at radius 3 is 3.08 bits per heavy atom. The fourth-order valence-corrected chi connectivity index (χ4v) is 3.72. The maximum atomic E-state index is 12.5. The molecule has 0 spiro atoms. The third-order valence-electron chi connectivity index (χ3n) is 5.06. The van der Waals surface area contributed by atoms with Crippen molar-refractivity contribution in [2.24, 2.45) is 0 Å². The summed E-state index contributed by atoms with van der Waals surface area (Å²) in [5, 5.41) is 10.1. The van der Waals surface area contributed by atoms with Crippen LogP contribution >= 0.6 is 0 Å². The van der Waals surface area contributed by atoms with Crippen molar-refractivity contribution in [2.75, 3.05) is 18.5 Å². The Balaban J connectivity index is 1.50. The third-order valence-corrected chi connectivity index (χ3v) is 5.06. The summed E-state index contributed by atoms with van der Waals surface area (Å²) in [5.74, 6) is -0.0762. The predicted octanol–water partition coefficient (Wildman–Crippen LogP) is 1.78. The van der Waals surface area contributed by atoms with Crippen molar-refractivity contribution < 1.29 is 9.59 Å². The van der Waals surface area contributed by atoms with Crippen LogP contribution in [-0.4, -0.2) is 35.6 Å². The SMILES string of the molecule is CN1C(=O)CC(CNC(=O)c2n[nH]c3c2CCC3)c2ccccc21. The van der Waals surface area contributed by atoms with Crippen LogP contribution in [0.4, 0.5) is 5.69 Å². The zero-order chi connectivity index (χ0) is 16.7. The van der Waals surface area contributed by atoms with Gasteiger partial charge in [-0.25, -0.2) is 0 Å². The third kappa shape index (κ3) is 2.38. The number of benzene rings is 1. The Hall–Kier alpha value is -2.63. The van der Waals surface area contributed by atoms with Crippen molar-refractivity contribution in [3.05, 3.63) is 46.8 Å². The van der Waals surface area contributed by atoms with Crippen molar-refractivity contribution >= 4 is 17.5 Å². The second kappa shape index (κ2) is 5.78. The average molecular weight is 324 g/mol. The number of hydrogen-bond acceptors (Lipinski definition) is 3. The number of nitrogens with zero attached hydrogens (tertiary/aromatic N) is 2. The van der Waals surface area contributed by atoms with E-state index in [-0.39, 0.29) is 17.7 Å².